The highest BCUT2D eigenvalue weighted by atomic mass is 19.4. The lowest BCUT2D eigenvalue weighted by Crippen LogP contribution is -2.14. The SMILES string of the molecule is Fc1cccc2c(Nc3nc(-c4ccccc4C(F)(F)F)nc4c3CCCC4)n[nH]c12. The number of hydrogen-bond acceptors (Lipinski definition) is 4. The van der Waals surface area contributed by atoms with Gasteiger partial charge >= 0.3 is 6.18 Å². The van der Waals surface area contributed by atoms with Gasteiger partial charge in [-0.1, -0.05) is 24.3 Å². The largest absolute Gasteiger partial charge is 0.417 e. The summed E-state index contributed by atoms with van der Waals surface area (Å²) in [5.74, 6) is 0.315. The van der Waals surface area contributed by atoms with Crippen LogP contribution in [0.5, 0.6) is 0 Å². The van der Waals surface area contributed by atoms with Crippen molar-refractivity contribution in [3.05, 3.63) is 65.1 Å². The van der Waals surface area contributed by atoms with E-state index in [-0.39, 0.29) is 16.9 Å². The van der Waals surface area contributed by atoms with Crippen LogP contribution in [0.1, 0.15) is 29.7 Å². The summed E-state index contributed by atoms with van der Waals surface area (Å²) < 4.78 is 54.7. The monoisotopic (exact) mass is 427 g/mol. The number of rotatable bonds is 3. The highest BCUT2D eigenvalue weighted by Crippen LogP contribution is 2.38. The average Bonchev–Trinajstić information content (AvgIpc) is 3.17. The first kappa shape index (κ1) is 19.5. The molecule has 2 aromatic heterocycles. The third kappa shape index (κ3) is 3.49. The number of aromatic amines is 1. The summed E-state index contributed by atoms with van der Waals surface area (Å²) in [5.41, 5.74) is 0.956. The van der Waals surface area contributed by atoms with Crippen LogP contribution in [-0.2, 0) is 19.0 Å². The molecule has 1 aliphatic rings. The fourth-order valence-corrected chi connectivity index (χ4v) is 3.96. The molecule has 0 spiro atoms. The number of halogens is 4. The lowest BCUT2D eigenvalue weighted by molar-refractivity contribution is -0.137. The number of H-pyrrole nitrogens is 1. The van der Waals surface area contributed by atoms with Crippen LogP contribution >= 0.6 is 0 Å². The molecule has 0 atom stereocenters. The van der Waals surface area contributed by atoms with E-state index in [4.69, 9.17) is 0 Å². The topological polar surface area (TPSA) is 66.5 Å². The number of hydrogen-bond donors (Lipinski definition) is 2. The Hall–Kier alpha value is -3.49. The standard InChI is InChI=1S/C22H17F4N5/c23-16-10-5-8-14-18(16)30-31-21(14)29-20-13-7-2-4-11-17(13)27-19(28-20)12-6-1-3-9-15(12)22(24,25)26/h1,3,5-6,8-10H,2,4,7,11H2,(H2,27,28,29,30,31). The van der Waals surface area contributed by atoms with Crippen LogP contribution in [0.4, 0.5) is 29.2 Å². The zero-order valence-electron chi connectivity index (χ0n) is 16.2. The average molecular weight is 427 g/mol. The highest BCUT2D eigenvalue weighted by molar-refractivity contribution is 5.91. The molecule has 0 unspecified atom stereocenters. The Bertz CT molecular complexity index is 1280. The molecular weight excluding hydrogens is 410 g/mol. The van der Waals surface area contributed by atoms with Crippen molar-refractivity contribution >= 4 is 22.5 Å². The zero-order chi connectivity index (χ0) is 21.6. The second-order valence-electron chi connectivity index (χ2n) is 7.43. The quantitative estimate of drug-likeness (QED) is 0.406. The van der Waals surface area contributed by atoms with Gasteiger partial charge in [0.1, 0.15) is 17.2 Å². The molecule has 0 aliphatic heterocycles. The predicted octanol–water partition coefficient (Wildman–Crippen LogP) is 5.80. The van der Waals surface area contributed by atoms with Crippen LogP contribution in [0.25, 0.3) is 22.3 Å². The fraction of sp³-hybridized carbons (Fsp3) is 0.227. The van der Waals surface area contributed by atoms with Gasteiger partial charge in [-0.25, -0.2) is 14.4 Å². The first-order valence-corrected chi connectivity index (χ1v) is 9.88. The van der Waals surface area contributed by atoms with Gasteiger partial charge in [0.05, 0.1) is 5.56 Å². The predicted molar refractivity (Wildman–Crippen MR) is 108 cm³/mol. The summed E-state index contributed by atoms with van der Waals surface area (Å²) in [6, 6.07) is 9.87. The molecule has 0 bridgehead atoms. The zero-order valence-corrected chi connectivity index (χ0v) is 16.2. The molecule has 9 heteroatoms. The molecule has 0 radical (unpaired) electrons. The lowest BCUT2D eigenvalue weighted by Gasteiger charge is -2.20. The van der Waals surface area contributed by atoms with Crippen molar-refractivity contribution in [2.45, 2.75) is 31.9 Å². The van der Waals surface area contributed by atoms with E-state index in [1.54, 1.807) is 12.1 Å². The molecule has 5 nitrogen and oxygen atoms in total. The van der Waals surface area contributed by atoms with Crippen LogP contribution < -0.4 is 5.32 Å². The van der Waals surface area contributed by atoms with Gasteiger partial charge in [-0.3, -0.25) is 5.10 Å². The summed E-state index contributed by atoms with van der Waals surface area (Å²) >= 11 is 0. The Morgan fingerprint density at radius 3 is 2.55 bits per heavy atom. The first-order chi connectivity index (χ1) is 14.9. The van der Waals surface area contributed by atoms with Gasteiger partial charge in [-0.05, 0) is 43.9 Å². The smallest absolute Gasteiger partial charge is 0.323 e. The van der Waals surface area contributed by atoms with Gasteiger partial charge < -0.3 is 5.32 Å². The van der Waals surface area contributed by atoms with Gasteiger partial charge in [-0.15, -0.1) is 0 Å². The number of para-hydroxylation sites is 1. The van der Waals surface area contributed by atoms with Crippen molar-refractivity contribution in [2.75, 3.05) is 5.32 Å². The minimum Gasteiger partial charge on any atom is -0.323 e. The molecule has 0 fully saturated rings. The second-order valence-corrected chi connectivity index (χ2v) is 7.43. The minimum atomic E-state index is -4.53. The van der Waals surface area contributed by atoms with Crippen molar-refractivity contribution in [2.24, 2.45) is 0 Å². The third-order valence-corrected chi connectivity index (χ3v) is 5.44. The van der Waals surface area contributed by atoms with Crippen molar-refractivity contribution in [1.82, 2.24) is 20.2 Å². The summed E-state index contributed by atoms with van der Waals surface area (Å²) in [6.45, 7) is 0. The van der Waals surface area contributed by atoms with E-state index < -0.39 is 17.6 Å². The van der Waals surface area contributed by atoms with E-state index in [0.717, 1.165) is 30.2 Å². The fourth-order valence-electron chi connectivity index (χ4n) is 3.96. The number of anilines is 2. The number of fused-ring (bicyclic) bond motifs is 2. The number of aryl methyl sites for hydroxylation is 1. The number of aromatic nitrogens is 4. The van der Waals surface area contributed by atoms with E-state index in [0.29, 0.717) is 29.9 Å². The number of nitrogens with one attached hydrogen (secondary N) is 2. The van der Waals surface area contributed by atoms with E-state index in [2.05, 4.69) is 25.5 Å². The summed E-state index contributed by atoms with van der Waals surface area (Å²) in [5, 5.41) is 10.4. The maximum atomic E-state index is 14.0. The number of benzene rings is 2. The molecular formula is C22H17F4N5. The Morgan fingerprint density at radius 2 is 1.71 bits per heavy atom. The molecule has 158 valence electrons. The maximum Gasteiger partial charge on any atom is 0.417 e. The molecule has 31 heavy (non-hydrogen) atoms. The van der Waals surface area contributed by atoms with Crippen molar-refractivity contribution in [3.8, 4) is 11.4 Å². The Labute approximate surface area is 174 Å². The minimum absolute atomic E-state index is 0.00194. The number of nitrogens with zero attached hydrogens (tertiary/aromatic N) is 3. The van der Waals surface area contributed by atoms with Crippen molar-refractivity contribution in [3.63, 3.8) is 0 Å². The molecule has 2 N–H and O–H groups in total. The maximum absolute atomic E-state index is 14.0. The molecule has 2 aromatic carbocycles. The molecule has 4 aromatic rings. The van der Waals surface area contributed by atoms with Gasteiger partial charge in [0.2, 0.25) is 0 Å². The molecule has 0 saturated heterocycles. The van der Waals surface area contributed by atoms with Crippen LogP contribution in [0.3, 0.4) is 0 Å². The van der Waals surface area contributed by atoms with Crippen LogP contribution in [0.2, 0.25) is 0 Å². The van der Waals surface area contributed by atoms with E-state index in [1.807, 2.05) is 0 Å². The van der Waals surface area contributed by atoms with Gasteiger partial charge in [-0.2, -0.15) is 18.3 Å². The van der Waals surface area contributed by atoms with Crippen LogP contribution in [-0.4, -0.2) is 20.2 Å². The third-order valence-electron chi connectivity index (χ3n) is 5.44. The van der Waals surface area contributed by atoms with E-state index in [9.17, 15) is 17.6 Å². The molecule has 0 saturated carbocycles. The molecule has 5 rings (SSSR count). The highest BCUT2D eigenvalue weighted by Gasteiger charge is 2.34. The van der Waals surface area contributed by atoms with Crippen LogP contribution in [0.15, 0.2) is 42.5 Å². The van der Waals surface area contributed by atoms with Crippen LogP contribution in [0, 0.1) is 5.82 Å². The number of alkyl halides is 3. The normalized spacial score (nSPS) is 13.9. The summed E-state index contributed by atoms with van der Waals surface area (Å²) in [7, 11) is 0. The Kier molecular flexibility index (Phi) is 4.60. The molecule has 0 amide bonds. The Morgan fingerprint density at radius 1 is 0.903 bits per heavy atom. The molecule has 1 aliphatic carbocycles. The van der Waals surface area contributed by atoms with Crippen molar-refractivity contribution in [1.29, 1.82) is 0 Å². The van der Waals surface area contributed by atoms with Gasteiger partial charge in [0.15, 0.2) is 11.6 Å². The second kappa shape index (κ2) is 7.33. The van der Waals surface area contributed by atoms with Crippen molar-refractivity contribution < 1.29 is 17.6 Å². The first-order valence-electron chi connectivity index (χ1n) is 9.88. The summed E-state index contributed by atoms with van der Waals surface area (Å²) in [6.07, 6.45) is -1.33. The lowest BCUT2D eigenvalue weighted by atomic mass is 9.95. The Balaban J connectivity index is 1.65. The summed E-state index contributed by atoms with van der Waals surface area (Å²) in [4.78, 5) is 8.95. The van der Waals surface area contributed by atoms with Gasteiger partial charge in [0.25, 0.3) is 0 Å². The van der Waals surface area contributed by atoms with E-state index >= 15 is 0 Å². The van der Waals surface area contributed by atoms with E-state index in [1.165, 1.54) is 24.3 Å². The molecule has 2 heterocycles. The van der Waals surface area contributed by atoms with Gasteiger partial charge in [0, 0.05) is 22.2 Å².